The molecule has 1 aliphatic rings. The molecule has 0 unspecified atom stereocenters. The molecule has 1 aliphatic heterocycles. The van der Waals surface area contributed by atoms with Crippen molar-refractivity contribution < 1.29 is 25.8 Å². The van der Waals surface area contributed by atoms with E-state index in [-0.39, 0.29) is 21.1 Å². The van der Waals surface area contributed by atoms with Crippen LogP contribution in [0.1, 0.15) is 0 Å². The number of pyridine rings is 1. The number of hydrogen-bond donors (Lipinski definition) is 0. The first-order valence-corrected chi connectivity index (χ1v) is 16.6. The fraction of sp³-hybridized carbons (Fsp3) is 0. The van der Waals surface area contributed by atoms with Crippen molar-refractivity contribution in [2.45, 2.75) is 0 Å². The van der Waals surface area contributed by atoms with Crippen LogP contribution < -0.4 is 14.5 Å². The molecule has 5 nitrogen and oxygen atoms in total. The molecule has 0 aliphatic carbocycles. The van der Waals surface area contributed by atoms with Gasteiger partial charge in [-0.1, -0.05) is 77.6 Å². The van der Waals surface area contributed by atoms with Gasteiger partial charge in [0.1, 0.15) is 5.82 Å². The van der Waals surface area contributed by atoms with Crippen LogP contribution in [-0.4, -0.2) is 9.55 Å². The summed E-state index contributed by atoms with van der Waals surface area (Å²) in [5.74, 6) is 2.07. The monoisotopic (exact) mass is 828 g/mol. The van der Waals surface area contributed by atoms with Crippen LogP contribution >= 0.6 is 11.3 Å². The minimum atomic E-state index is 0. The third-order valence-electron chi connectivity index (χ3n) is 8.92. The summed E-state index contributed by atoms with van der Waals surface area (Å²) in [4.78, 5) is 9.14. The summed E-state index contributed by atoms with van der Waals surface area (Å²) in [5.41, 5.74) is 6.25. The predicted octanol–water partition coefficient (Wildman–Crippen LogP) is 11.3. The van der Waals surface area contributed by atoms with E-state index in [1.165, 1.54) is 25.6 Å². The number of fused-ring (bicyclic) bond motifs is 8. The maximum absolute atomic E-state index is 6.51. The topological polar surface area (TPSA) is 33.5 Å². The molecule has 0 radical (unpaired) electrons. The van der Waals surface area contributed by atoms with Gasteiger partial charge in [-0.15, -0.1) is 54.0 Å². The molecule has 0 saturated carbocycles. The Kier molecular flexibility index (Phi) is 7.22. The van der Waals surface area contributed by atoms with Crippen LogP contribution in [0.3, 0.4) is 0 Å². The van der Waals surface area contributed by atoms with Crippen molar-refractivity contribution in [2.24, 2.45) is 0 Å². The van der Waals surface area contributed by atoms with E-state index < -0.39 is 0 Å². The molecule has 0 amide bonds. The molecule has 10 rings (SSSR count). The fourth-order valence-corrected chi connectivity index (χ4v) is 8.04. The van der Waals surface area contributed by atoms with Gasteiger partial charge in [-0.25, -0.2) is 4.98 Å². The van der Waals surface area contributed by atoms with Crippen LogP contribution in [-0.2, 0) is 21.1 Å². The Bertz CT molecular complexity index is 2650. The van der Waals surface area contributed by atoms with Gasteiger partial charge in [0, 0.05) is 70.6 Å². The van der Waals surface area contributed by atoms with Gasteiger partial charge in [0.25, 0.3) is 0 Å². The molecule has 0 fully saturated rings. The van der Waals surface area contributed by atoms with Gasteiger partial charge in [0.15, 0.2) is 0 Å². The molecule has 0 saturated heterocycles. The van der Waals surface area contributed by atoms with Crippen LogP contribution in [0.2, 0.25) is 0 Å². The summed E-state index contributed by atoms with van der Waals surface area (Å²) in [6.07, 6.45) is 1.84. The summed E-state index contributed by atoms with van der Waals surface area (Å²) in [6.45, 7) is 2.11. The van der Waals surface area contributed by atoms with Crippen molar-refractivity contribution >= 4 is 76.1 Å². The zero-order chi connectivity index (χ0) is 31.6. The molecular weight excluding hydrogens is 804 g/mol. The van der Waals surface area contributed by atoms with E-state index >= 15 is 0 Å². The zero-order valence-electron chi connectivity index (χ0n) is 25.9. The van der Waals surface area contributed by atoms with Crippen LogP contribution in [0.25, 0.3) is 47.8 Å². The summed E-state index contributed by atoms with van der Waals surface area (Å²) in [7, 11) is 0. The third-order valence-corrected chi connectivity index (χ3v) is 10.1. The van der Waals surface area contributed by atoms with E-state index in [2.05, 4.69) is 136 Å². The molecule has 9 aromatic rings. The number of hydrogen-bond acceptors (Lipinski definition) is 5. The van der Waals surface area contributed by atoms with Crippen LogP contribution in [0, 0.1) is 18.8 Å². The number of nitrogens with zero attached hydrogens (tertiary/aromatic N) is 4. The van der Waals surface area contributed by atoms with Crippen LogP contribution in [0.15, 0.2) is 146 Å². The third kappa shape index (κ3) is 4.82. The van der Waals surface area contributed by atoms with Crippen molar-refractivity contribution in [1.29, 1.82) is 0 Å². The summed E-state index contributed by atoms with van der Waals surface area (Å²) in [6, 6.07) is 55.1. The SMILES string of the molecule is [Pt].[c-]1c(Oc2[c-]c3c(cc2)c2sc4ccc5ccccc5c4c2n3-c2ccccn2)cccc1N1[CH-]N(c2ccccc2)c2ccccc21. The van der Waals surface area contributed by atoms with Crippen molar-refractivity contribution in [3.63, 3.8) is 0 Å². The van der Waals surface area contributed by atoms with Gasteiger partial charge in [-0.05, 0) is 53.2 Å². The number of ether oxygens (including phenoxy) is 1. The second-order valence-electron chi connectivity index (χ2n) is 11.7. The van der Waals surface area contributed by atoms with Gasteiger partial charge < -0.3 is 19.1 Å². The van der Waals surface area contributed by atoms with E-state index in [9.17, 15) is 0 Å². The fourth-order valence-electron chi connectivity index (χ4n) is 6.81. The number of anilines is 4. The predicted molar refractivity (Wildman–Crippen MR) is 197 cm³/mol. The molecule has 0 spiro atoms. The van der Waals surface area contributed by atoms with Gasteiger partial charge in [0.05, 0.1) is 5.52 Å². The molecule has 6 aromatic carbocycles. The molecule has 49 heavy (non-hydrogen) atoms. The zero-order valence-corrected chi connectivity index (χ0v) is 28.9. The van der Waals surface area contributed by atoms with Gasteiger partial charge in [-0.3, -0.25) is 0 Å². The van der Waals surface area contributed by atoms with Crippen molar-refractivity contribution in [3.05, 3.63) is 165 Å². The maximum Gasteiger partial charge on any atom is 0.135 e. The quantitative estimate of drug-likeness (QED) is 0.162. The number of thiophene rings is 1. The summed E-state index contributed by atoms with van der Waals surface area (Å²) >= 11 is 1.81. The van der Waals surface area contributed by atoms with Gasteiger partial charge >= 0.3 is 0 Å². The van der Waals surface area contributed by atoms with E-state index in [1.54, 1.807) is 0 Å². The summed E-state index contributed by atoms with van der Waals surface area (Å²) < 4.78 is 11.2. The van der Waals surface area contributed by atoms with Gasteiger partial charge in [-0.2, -0.15) is 12.1 Å². The minimum absolute atomic E-state index is 0. The molecule has 238 valence electrons. The Labute approximate surface area is 301 Å². The molecule has 4 heterocycles. The standard InChI is InChI=1S/C42H25N4OS.Pt/c1-2-12-29(13-3-1)44-27-45(36-18-7-6-17-35(36)44)30-14-10-15-31(25-30)47-32-21-22-34-37(26-32)46(39-19-8-9-24-43-39)41-40-33-16-5-4-11-28(33)20-23-38(40)48-42(34)41;/h1-24,27H;/q-3;. The van der Waals surface area contributed by atoms with E-state index in [0.29, 0.717) is 11.5 Å². The average Bonchev–Trinajstić information content (AvgIpc) is 3.81. The largest absolute Gasteiger partial charge is 0.509 e. The number of benzene rings is 6. The van der Waals surface area contributed by atoms with Crippen molar-refractivity contribution in [2.75, 3.05) is 9.80 Å². The van der Waals surface area contributed by atoms with Crippen LogP contribution in [0.4, 0.5) is 22.7 Å². The number of aromatic nitrogens is 2. The van der Waals surface area contributed by atoms with Crippen molar-refractivity contribution in [3.8, 4) is 17.3 Å². The Morgan fingerprint density at radius 3 is 2.27 bits per heavy atom. The van der Waals surface area contributed by atoms with E-state index in [0.717, 1.165) is 45.0 Å². The van der Waals surface area contributed by atoms with E-state index in [4.69, 9.17) is 9.72 Å². The smallest absolute Gasteiger partial charge is 0.135 e. The first-order valence-electron chi connectivity index (χ1n) is 15.8. The first kappa shape index (κ1) is 29.7. The molecular formula is C42H25N4OPtS-3. The molecule has 3 aromatic heterocycles. The second kappa shape index (κ2) is 11.9. The van der Waals surface area contributed by atoms with Crippen LogP contribution in [0.5, 0.6) is 11.5 Å². The number of para-hydroxylation sites is 3. The Morgan fingerprint density at radius 1 is 0.633 bits per heavy atom. The molecule has 0 bridgehead atoms. The summed E-state index contributed by atoms with van der Waals surface area (Å²) in [5, 5.41) is 4.81. The average molecular weight is 829 g/mol. The minimum Gasteiger partial charge on any atom is -0.509 e. The Hall–Kier alpha value is -5.42. The van der Waals surface area contributed by atoms with Gasteiger partial charge in [0.2, 0.25) is 0 Å². The Morgan fingerprint density at radius 2 is 1.41 bits per heavy atom. The molecule has 7 heteroatoms. The normalized spacial score (nSPS) is 12.6. The number of rotatable bonds is 5. The van der Waals surface area contributed by atoms with E-state index in [1.807, 2.05) is 53.9 Å². The van der Waals surface area contributed by atoms with Crippen molar-refractivity contribution in [1.82, 2.24) is 9.55 Å². The molecule has 0 atom stereocenters. The Balaban J connectivity index is 0.00000325. The maximum atomic E-state index is 6.51. The molecule has 0 N–H and O–H groups in total. The second-order valence-corrected chi connectivity index (χ2v) is 12.8. The first-order chi connectivity index (χ1) is 23.8.